The number of nitrogens with one attached hydrogen (secondary N) is 1. The van der Waals surface area contributed by atoms with E-state index in [1.807, 2.05) is 0 Å². The van der Waals surface area contributed by atoms with Crippen molar-refractivity contribution in [2.75, 3.05) is 17.7 Å². The predicted octanol–water partition coefficient (Wildman–Crippen LogP) is 3.26. The summed E-state index contributed by atoms with van der Waals surface area (Å²) in [5.41, 5.74) is 6.06. The molecule has 2 aromatic rings. The molecule has 0 aliphatic rings. The van der Waals surface area contributed by atoms with Gasteiger partial charge in [-0.1, -0.05) is 29.7 Å². The zero-order chi connectivity index (χ0) is 16.8. The van der Waals surface area contributed by atoms with Gasteiger partial charge in [-0.25, -0.2) is 4.39 Å². The van der Waals surface area contributed by atoms with Crippen LogP contribution in [0.4, 0.5) is 15.8 Å². The van der Waals surface area contributed by atoms with E-state index in [1.165, 1.54) is 12.1 Å². The summed E-state index contributed by atoms with van der Waals surface area (Å²) in [5, 5.41) is 2.37. The summed E-state index contributed by atoms with van der Waals surface area (Å²) in [4.78, 5) is 21.7. The second-order valence-corrected chi connectivity index (χ2v) is 4.76. The Morgan fingerprint density at radius 2 is 2.13 bits per heavy atom. The van der Waals surface area contributed by atoms with Crippen LogP contribution in [0.3, 0.4) is 0 Å². The van der Waals surface area contributed by atoms with Crippen LogP contribution >= 0.6 is 11.6 Å². The minimum atomic E-state index is -0.734. The van der Waals surface area contributed by atoms with Crippen molar-refractivity contribution < 1.29 is 19.0 Å². The molecule has 5 nitrogen and oxygen atoms in total. The summed E-state index contributed by atoms with van der Waals surface area (Å²) >= 11 is 5.83. The fraction of sp³-hybridized carbons (Fsp3) is 0.0625. The lowest BCUT2D eigenvalue weighted by Gasteiger charge is -2.11. The summed E-state index contributed by atoms with van der Waals surface area (Å²) in [7, 11) is 0. The van der Waals surface area contributed by atoms with Gasteiger partial charge in [-0.05, 0) is 18.2 Å². The number of benzene rings is 2. The molecule has 0 fully saturated rings. The van der Waals surface area contributed by atoms with Crippen molar-refractivity contribution >= 4 is 28.9 Å². The molecule has 2 rings (SSSR count). The van der Waals surface area contributed by atoms with Crippen LogP contribution in [0.2, 0.25) is 5.02 Å². The molecule has 0 aliphatic heterocycles. The normalized spacial score (nSPS) is 9.96. The summed E-state index contributed by atoms with van der Waals surface area (Å²) in [6, 6.07) is 8.59. The van der Waals surface area contributed by atoms with Crippen molar-refractivity contribution in [2.24, 2.45) is 0 Å². The summed E-state index contributed by atoms with van der Waals surface area (Å²) in [6.07, 6.45) is 5.01. The number of anilines is 2. The Balaban J connectivity index is 2.22. The first kappa shape index (κ1) is 16.6. The molecule has 1 amide bonds. The van der Waals surface area contributed by atoms with Gasteiger partial charge in [0.1, 0.15) is 5.82 Å². The number of carbonyl (C=O) groups excluding carboxylic acids is 1. The molecule has 118 valence electrons. The van der Waals surface area contributed by atoms with Crippen LogP contribution in [-0.2, 0) is 4.89 Å². The van der Waals surface area contributed by atoms with E-state index in [4.69, 9.17) is 28.6 Å². The van der Waals surface area contributed by atoms with Crippen molar-refractivity contribution in [2.45, 2.75) is 0 Å². The number of nitrogens with two attached hydrogens (primary N) is 1. The Kier molecular flexibility index (Phi) is 5.41. The van der Waals surface area contributed by atoms with Gasteiger partial charge in [0.15, 0.2) is 12.4 Å². The van der Waals surface area contributed by atoms with Crippen molar-refractivity contribution in [3.05, 3.63) is 52.8 Å². The van der Waals surface area contributed by atoms with Crippen molar-refractivity contribution in [3.63, 3.8) is 0 Å². The Hall–Kier alpha value is -2.75. The lowest BCUT2D eigenvalue weighted by atomic mass is 10.1. The van der Waals surface area contributed by atoms with Crippen LogP contribution in [0.25, 0.3) is 0 Å². The highest BCUT2D eigenvalue weighted by Gasteiger charge is 2.15. The van der Waals surface area contributed by atoms with Gasteiger partial charge in [-0.2, -0.15) is 4.89 Å². The van der Waals surface area contributed by atoms with Gasteiger partial charge in [0, 0.05) is 11.8 Å². The maximum Gasteiger partial charge on any atom is 0.257 e. The van der Waals surface area contributed by atoms with Gasteiger partial charge < -0.3 is 15.9 Å². The Bertz CT molecular complexity index is 774. The predicted molar refractivity (Wildman–Crippen MR) is 85.6 cm³/mol. The molecular formula is C16H12ClFN2O3. The SMILES string of the molecule is C#CCOOc1cc(NC(=O)c2ccccc2N)c(F)cc1Cl. The smallest absolute Gasteiger partial charge is 0.257 e. The van der Waals surface area contributed by atoms with Gasteiger partial charge in [-0.15, -0.1) is 6.42 Å². The molecule has 23 heavy (non-hydrogen) atoms. The van der Waals surface area contributed by atoms with E-state index < -0.39 is 11.7 Å². The maximum absolute atomic E-state index is 13.9. The van der Waals surface area contributed by atoms with Crippen molar-refractivity contribution in [1.29, 1.82) is 0 Å². The van der Waals surface area contributed by atoms with Gasteiger partial charge in [-0.3, -0.25) is 4.79 Å². The van der Waals surface area contributed by atoms with Gasteiger partial charge in [0.2, 0.25) is 0 Å². The molecule has 0 aliphatic carbocycles. The van der Waals surface area contributed by atoms with Gasteiger partial charge >= 0.3 is 0 Å². The quantitative estimate of drug-likeness (QED) is 0.289. The first-order chi connectivity index (χ1) is 11.0. The van der Waals surface area contributed by atoms with E-state index >= 15 is 0 Å². The van der Waals surface area contributed by atoms with Crippen LogP contribution in [0.5, 0.6) is 5.75 Å². The third-order valence-electron chi connectivity index (χ3n) is 2.77. The van der Waals surface area contributed by atoms with E-state index in [-0.39, 0.29) is 34.3 Å². The summed E-state index contributed by atoms with van der Waals surface area (Å²) in [5.74, 6) is 0.905. The monoisotopic (exact) mass is 334 g/mol. The summed E-state index contributed by atoms with van der Waals surface area (Å²) in [6.45, 7) is -0.115. The third kappa shape index (κ3) is 4.13. The fourth-order valence-corrected chi connectivity index (χ4v) is 1.89. The standard InChI is InChI=1S/C16H12ClFN2O3/c1-2-7-22-23-15-9-14(12(18)8-11(15)17)20-16(21)10-5-3-4-6-13(10)19/h1,3-6,8-9H,7,19H2,(H,20,21). The van der Waals surface area contributed by atoms with Crippen LogP contribution in [0.1, 0.15) is 10.4 Å². The number of rotatable bonds is 5. The lowest BCUT2D eigenvalue weighted by Crippen LogP contribution is -2.15. The number of hydrogen-bond donors (Lipinski definition) is 2. The van der Waals surface area contributed by atoms with E-state index in [1.54, 1.807) is 18.2 Å². The topological polar surface area (TPSA) is 73.6 Å². The lowest BCUT2D eigenvalue weighted by molar-refractivity contribution is -0.193. The molecule has 0 heterocycles. The van der Waals surface area contributed by atoms with Crippen LogP contribution in [0.15, 0.2) is 36.4 Å². The Labute approximate surface area is 137 Å². The van der Waals surface area contributed by atoms with Crippen LogP contribution < -0.4 is 15.9 Å². The molecule has 0 aromatic heterocycles. The average Bonchev–Trinajstić information content (AvgIpc) is 2.52. The largest absolute Gasteiger partial charge is 0.398 e. The van der Waals surface area contributed by atoms with Crippen LogP contribution in [0, 0.1) is 18.2 Å². The van der Waals surface area contributed by atoms with Gasteiger partial charge in [0.25, 0.3) is 5.91 Å². The number of halogens is 2. The number of amides is 1. The molecule has 0 bridgehead atoms. The van der Waals surface area contributed by atoms with Crippen molar-refractivity contribution in [3.8, 4) is 18.1 Å². The minimum absolute atomic E-state index is 0.0136. The average molecular weight is 335 g/mol. The van der Waals surface area contributed by atoms with E-state index in [0.717, 1.165) is 6.07 Å². The molecule has 2 aromatic carbocycles. The highest BCUT2D eigenvalue weighted by Crippen LogP contribution is 2.31. The van der Waals surface area contributed by atoms with E-state index in [9.17, 15) is 9.18 Å². The highest BCUT2D eigenvalue weighted by molar-refractivity contribution is 6.32. The number of para-hydroxylation sites is 1. The third-order valence-corrected chi connectivity index (χ3v) is 3.06. The number of nitrogen functional groups attached to an aromatic ring is 1. The molecule has 0 spiro atoms. The molecule has 3 N–H and O–H groups in total. The number of hydrogen-bond acceptors (Lipinski definition) is 4. The molecule has 0 atom stereocenters. The van der Waals surface area contributed by atoms with Crippen molar-refractivity contribution in [1.82, 2.24) is 0 Å². The highest BCUT2D eigenvalue weighted by atomic mass is 35.5. The van der Waals surface area contributed by atoms with Crippen LogP contribution in [-0.4, -0.2) is 12.5 Å². The number of terminal acetylenes is 1. The Morgan fingerprint density at radius 3 is 2.83 bits per heavy atom. The molecule has 0 saturated heterocycles. The molecule has 0 unspecified atom stereocenters. The first-order valence-corrected chi connectivity index (χ1v) is 6.78. The summed E-state index contributed by atoms with van der Waals surface area (Å²) < 4.78 is 13.9. The van der Waals surface area contributed by atoms with E-state index in [2.05, 4.69) is 16.1 Å². The second kappa shape index (κ2) is 7.49. The molecule has 0 radical (unpaired) electrons. The van der Waals surface area contributed by atoms with Gasteiger partial charge in [0.05, 0.1) is 16.3 Å². The second-order valence-electron chi connectivity index (χ2n) is 4.35. The molecular weight excluding hydrogens is 323 g/mol. The maximum atomic E-state index is 13.9. The zero-order valence-electron chi connectivity index (χ0n) is 11.8. The zero-order valence-corrected chi connectivity index (χ0v) is 12.6. The number of carbonyl (C=O) groups is 1. The Morgan fingerprint density at radius 1 is 1.39 bits per heavy atom. The molecule has 0 saturated carbocycles. The first-order valence-electron chi connectivity index (χ1n) is 6.40. The van der Waals surface area contributed by atoms with E-state index in [0.29, 0.717) is 0 Å². The minimum Gasteiger partial charge on any atom is -0.398 e. The fourth-order valence-electron chi connectivity index (χ4n) is 1.71. The molecule has 7 heteroatoms.